The zero-order chi connectivity index (χ0) is 57.3. The Morgan fingerprint density at radius 3 is 1.10 bits per heavy atom. The first kappa shape index (κ1) is 47.4. The van der Waals surface area contributed by atoms with E-state index in [0.717, 1.165) is 155 Å². The topological polar surface area (TPSA) is 80.0 Å². The molecule has 0 bridgehead atoms. The van der Waals surface area contributed by atoms with E-state index >= 15 is 0 Å². The number of aromatic nitrogens is 5. The molecule has 13 aromatic carbocycles. The van der Waals surface area contributed by atoms with Gasteiger partial charge in [-0.15, -0.1) is 0 Å². The molecule has 0 spiro atoms. The van der Waals surface area contributed by atoms with Crippen LogP contribution in [0.3, 0.4) is 0 Å². The molecule has 20 aromatic rings. The number of para-hydroxylation sites is 6. The summed E-state index contributed by atoms with van der Waals surface area (Å²) in [5.41, 5.74) is 20.7. The first-order valence-corrected chi connectivity index (χ1v) is 29.8. The highest BCUT2D eigenvalue weighted by molar-refractivity contribution is 6.20. The molecular formula is C80H45N5O3. The summed E-state index contributed by atoms with van der Waals surface area (Å²) >= 11 is 0. The molecule has 0 amide bonds. The van der Waals surface area contributed by atoms with Gasteiger partial charge in [0, 0.05) is 116 Å². The van der Waals surface area contributed by atoms with Crippen LogP contribution in [0.15, 0.2) is 286 Å². The van der Waals surface area contributed by atoms with Crippen LogP contribution < -0.4 is 0 Å². The van der Waals surface area contributed by atoms with Crippen LogP contribution in [-0.2, 0) is 0 Å². The maximum Gasteiger partial charge on any atom is 0.160 e. The molecule has 408 valence electrons. The summed E-state index contributed by atoms with van der Waals surface area (Å²) in [4.78, 5) is 11.0. The van der Waals surface area contributed by atoms with Crippen molar-refractivity contribution in [3.63, 3.8) is 0 Å². The van der Waals surface area contributed by atoms with E-state index in [9.17, 15) is 0 Å². The minimum atomic E-state index is 0.637. The lowest BCUT2D eigenvalue weighted by Crippen LogP contribution is -1.99. The van der Waals surface area contributed by atoms with Crippen LogP contribution in [0.2, 0.25) is 0 Å². The predicted octanol–water partition coefficient (Wildman–Crippen LogP) is 21.6. The lowest BCUT2D eigenvalue weighted by molar-refractivity contribution is 0.669. The van der Waals surface area contributed by atoms with Crippen LogP contribution in [-0.4, -0.2) is 23.7 Å². The monoisotopic (exact) mass is 1120 g/mol. The van der Waals surface area contributed by atoms with Crippen LogP contribution in [0, 0.1) is 0 Å². The van der Waals surface area contributed by atoms with Crippen molar-refractivity contribution < 1.29 is 13.3 Å². The molecule has 8 nitrogen and oxygen atoms in total. The first-order valence-electron chi connectivity index (χ1n) is 29.8. The molecule has 8 heteroatoms. The molecule has 0 aliphatic carbocycles. The summed E-state index contributed by atoms with van der Waals surface area (Å²) in [5.74, 6) is 0.637. The van der Waals surface area contributed by atoms with E-state index in [1.807, 2.05) is 36.4 Å². The number of rotatable bonds is 6. The van der Waals surface area contributed by atoms with Gasteiger partial charge in [0.25, 0.3) is 0 Å². The third-order valence-electron chi connectivity index (χ3n) is 18.4. The normalized spacial score (nSPS) is 12.3. The summed E-state index contributed by atoms with van der Waals surface area (Å²) in [7, 11) is 0. The third-order valence-corrected chi connectivity index (χ3v) is 18.4. The molecule has 0 atom stereocenters. The number of furan rings is 3. The Morgan fingerprint density at radius 1 is 0.216 bits per heavy atom. The van der Waals surface area contributed by atoms with Gasteiger partial charge in [0.15, 0.2) is 5.82 Å². The lowest BCUT2D eigenvalue weighted by atomic mass is 9.99. The summed E-state index contributed by atoms with van der Waals surface area (Å²) < 4.78 is 26.5. The molecule has 0 saturated carbocycles. The number of hydrogen-bond acceptors (Lipinski definition) is 5. The Kier molecular flexibility index (Phi) is 9.57. The zero-order valence-electron chi connectivity index (χ0n) is 46.9. The predicted molar refractivity (Wildman–Crippen MR) is 361 cm³/mol. The van der Waals surface area contributed by atoms with E-state index in [1.165, 1.54) is 32.3 Å². The standard InChI is InChI=1S/C80H45N5O3/c1-7-22-67-53(16-1)59-40-62-56-19-4-10-25-73(56)86-76(62)43-70(59)83(67)50-33-28-46(29-34-50)48-32-37-66-65(39-48)79(49-14-13-15-52(38-49)85-69-24-9-3-18-55(69)61-42-64-58-21-6-12-27-75(58)88-78(64)45-72(61)85)82-80(81-66)47-30-35-51(36-31-47)84-68-23-8-2-17-54(68)60-41-63-57-20-5-11-26-74(57)87-77(63)44-71(60)84/h1-45H. The zero-order valence-corrected chi connectivity index (χ0v) is 46.9. The molecule has 0 radical (unpaired) electrons. The van der Waals surface area contributed by atoms with Crippen molar-refractivity contribution >= 4 is 142 Å². The van der Waals surface area contributed by atoms with Crippen LogP contribution >= 0.6 is 0 Å². The van der Waals surface area contributed by atoms with Crippen LogP contribution in [0.25, 0.3) is 193 Å². The van der Waals surface area contributed by atoms with Crippen molar-refractivity contribution in [2.75, 3.05) is 0 Å². The summed E-state index contributed by atoms with van der Waals surface area (Å²) in [6.07, 6.45) is 0. The Hall–Kier alpha value is -12.0. The van der Waals surface area contributed by atoms with Crippen molar-refractivity contribution in [1.29, 1.82) is 0 Å². The minimum absolute atomic E-state index is 0.637. The molecule has 0 N–H and O–H groups in total. The molecule has 0 unspecified atom stereocenters. The van der Waals surface area contributed by atoms with Gasteiger partial charge in [0.2, 0.25) is 0 Å². The lowest BCUT2D eigenvalue weighted by Gasteiger charge is -2.14. The molecule has 88 heavy (non-hydrogen) atoms. The van der Waals surface area contributed by atoms with Crippen LogP contribution in [0.4, 0.5) is 0 Å². The van der Waals surface area contributed by atoms with Crippen molar-refractivity contribution in [2.24, 2.45) is 0 Å². The van der Waals surface area contributed by atoms with Crippen molar-refractivity contribution in [3.8, 4) is 50.8 Å². The van der Waals surface area contributed by atoms with Crippen LogP contribution in [0.5, 0.6) is 0 Å². The first-order chi connectivity index (χ1) is 43.6. The highest BCUT2D eigenvalue weighted by Gasteiger charge is 2.22. The van der Waals surface area contributed by atoms with Gasteiger partial charge >= 0.3 is 0 Å². The fourth-order valence-electron chi connectivity index (χ4n) is 14.4. The van der Waals surface area contributed by atoms with E-state index in [1.54, 1.807) is 0 Å². The van der Waals surface area contributed by atoms with Gasteiger partial charge in [0.1, 0.15) is 33.5 Å². The van der Waals surface area contributed by atoms with E-state index in [-0.39, 0.29) is 0 Å². The van der Waals surface area contributed by atoms with Gasteiger partial charge in [-0.1, -0.05) is 140 Å². The molecule has 7 heterocycles. The van der Waals surface area contributed by atoms with Crippen molar-refractivity contribution in [3.05, 3.63) is 273 Å². The highest BCUT2D eigenvalue weighted by Crippen LogP contribution is 2.44. The number of nitrogens with zero attached hydrogens (tertiary/aromatic N) is 5. The summed E-state index contributed by atoms with van der Waals surface area (Å²) in [6.45, 7) is 0. The van der Waals surface area contributed by atoms with Gasteiger partial charge in [0.05, 0.1) is 44.3 Å². The second-order valence-electron chi connectivity index (χ2n) is 23.2. The van der Waals surface area contributed by atoms with E-state index in [0.29, 0.717) is 5.82 Å². The fraction of sp³-hybridized carbons (Fsp3) is 0. The van der Waals surface area contributed by atoms with Gasteiger partial charge < -0.3 is 27.0 Å². The fourth-order valence-corrected chi connectivity index (χ4v) is 14.4. The summed E-state index contributed by atoms with van der Waals surface area (Å²) in [5, 5.41) is 14.7. The molecule has 20 rings (SSSR count). The molecular weight excluding hydrogens is 1080 g/mol. The maximum absolute atomic E-state index is 6.53. The number of hydrogen-bond donors (Lipinski definition) is 0. The SMILES string of the molecule is c1cc(-c2nc(-c3ccc(-n4c5ccccc5c5cc6c(cc54)oc4ccccc46)cc3)nc3ccc(-c4ccc(-n5c6ccccc6c6cc7c(cc65)oc5ccccc57)cc4)cc23)cc(-n2c3ccccc3c3cc4c(cc32)oc2ccccc24)c1. The second-order valence-corrected chi connectivity index (χ2v) is 23.2. The second kappa shape index (κ2) is 17.8. The average molecular weight is 1120 g/mol. The van der Waals surface area contributed by atoms with Crippen LogP contribution in [0.1, 0.15) is 0 Å². The highest BCUT2D eigenvalue weighted by atomic mass is 16.3. The smallest absolute Gasteiger partial charge is 0.160 e. The van der Waals surface area contributed by atoms with Crippen molar-refractivity contribution in [2.45, 2.75) is 0 Å². The Morgan fingerprint density at radius 2 is 0.625 bits per heavy atom. The van der Waals surface area contributed by atoms with Gasteiger partial charge in [-0.2, -0.15) is 0 Å². The summed E-state index contributed by atoms with van der Waals surface area (Å²) in [6, 6.07) is 97.3. The quantitative estimate of drug-likeness (QED) is 0.166. The van der Waals surface area contributed by atoms with E-state index < -0.39 is 0 Å². The Balaban J connectivity index is 0.742. The Labute approximate surface area is 500 Å². The molecule has 0 aliphatic heterocycles. The third kappa shape index (κ3) is 6.79. The van der Waals surface area contributed by atoms with Gasteiger partial charge in [-0.25, -0.2) is 9.97 Å². The van der Waals surface area contributed by atoms with Crippen molar-refractivity contribution in [1.82, 2.24) is 23.7 Å². The Bertz CT molecular complexity index is 6370. The number of benzene rings is 13. The molecule has 0 aliphatic rings. The largest absolute Gasteiger partial charge is 0.456 e. The van der Waals surface area contributed by atoms with E-state index in [4.69, 9.17) is 23.2 Å². The molecule has 0 fully saturated rings. The van der Waals surface area contributed by atoms with E-state index in [2.05, 4.69) is 250 Å². The van der Waals surface area contributed by atoms with Gasteiger partial charge in [-0.05, 0) is 126 Å². The number of fused-ring (bicyclic) bond motifs is 19. The minimum Gasteiger partial charge on any atom is -0.456 e. The average Bonchev–Trinajstić information content (AvgIpc) is 2.15. The van der Waals surface area contributed by atoms with Gasteiger partial charge in [-0.3, -0.25) is 0 Å². The maximum atomic E-state index is 6.53. The molecule has 7 aromatic heterocycles. The molecule has 0 saturated heterocycles.